The molecule has 2 aromatic rings. The number of nitrogens with one attached hydrogen (secondary N) is 1. The molecule has 0 spiro atoms. The van der Waals surface area contributed by atoms with E-state index in [1.54, 1.807) is 0 Å². The van der Waals surface area contributed by atoms with E-state index in [9.17, 15) is 31.4 Å². The molecule has 9 heteroatoms. The number of fused-ring (bicyclic) bond motifs is 1. The number of halogens is 7. The Bertz CT molecular complexity index is 630. The lowest BCUT2D eigenvalue weighted by atomic mass is 9.92. The summed E-state index contributed by atoms with van der Waals surface area (Å²) in [5, 5.41) is 8.98. The van der Waals surface area contributed by atoms with Gasteiger partial charge in [0.25, 0.3) is 5.60 Å². The molecule has 0 amide bonds. The molecule has 2 N–H and O–H groups in total. The summed E-state index contributed by atoms with van der Waals surface area (Å²) in [4.78, 5) is 2.28. The topological polar surface area (TPSA) is 36.0 Å². The lowest BCUT2D eigenvalue weighted by Gasteiger charge is -2.32. The van der Waals surface area contributed by atoms with Gasteiger partial charge in [-0.1, -0.05) is 15.9 Å². The molecular formula is C11H6BrF6NO. The molecule has 0 radical (unpaired) electrons. The zero-order chi connectivity index (χ0) is 15.3. The van der Waals surface area contributed by atoms with Crippen molar-refractivity contribution in [2.24, 2.45) is 0 Å². The normalized spacial score (nSPS) is 14.0. The molecule has 1 aromatic carbocycles. The van der Waals surface area contributed by atoms with Crippen LogP contribution in [0.2, 0.25) is 0 Å². The Morgan fingerprint density at radius 2 is 1.55 bits per heavy atom. The number of rotatable bonds is 1. The minimum Gasteiger partial charge on any atom is -0.369 e. The van der Waals surface area contributed by atoms with Crippen molar-refractivity contribution in [2.75, 3.05) is 0 Å². The zero-order valence-corrected chi connectivity index (χ0v) is 11.0. The van der Waals surface area contributed by atoms with Gasteiger partial charge < -0.3 is 10.1 Å². The molecule has 0 unspecified atom stereocenters. The Hall–Kier alpha value is -1.22. The minimum atomic E-state index is -5.90. The summed E-state index contributed by atoms with van der Waals surface area (Å²) < 4.78 is 77.1. The highest BCUT2D eigenvalue weighted by Gasteiger charge is 2.72. The molecule has 0 saturated carbocycles. The average Bonchev–Trinajstić information content (AvgIpc) is 2.67. The first-order valence-electron chi connectivity index (χ1n) is 5.11. The summed E-state index contributed by atoms with van der Waals surface area (Å²) in [6.07, 6.45) is -11.3. The summed E-state index contributed by atoms with van der Waals surface area (Å²) in [6, 6.07) is 3.82. The van der Waals surface area contributed by atoms with E-state index in [0.29, 0.717) is 6.20 Å². The van der Waals surface area contributed by atoms with Crippen LogP contribution in [0.15, 0.2) is 28.9 Å². The van der Waals surface area contributed by atoms with E-state index in [2.05, 4.69) is 20.9 Å². The van der Waals surface area contributed by atoms with E-state index in [1.807, 2.05) is 0 Å². The van der Waals surface area contributed by atoms with Crippen LogP contribution in [0.4, 0.5) is 26.3 Å². The van der Waals surface area contributed by atoms with Crippen molar-refractivity contribution in [1.29, 1.82) is 0 Å². The van der Waals surface area contributed by atoms with E-state index in [1.165, 1.54) is 12.1 Å². The van der Waals surface area contributed by atoms with Gasteiger partial charge in [-0.3, -0.25) is 0 Å². The highest BCUT2D eigenvalue weighted by atomic mass is 79.9. The van der Waals surface area contributed by atoms with Gasteiger partial charge in [0.15, 0.2) is 0 Å². The van der Waals surface area contributed by atoms with Gasteiger partial charge in [-0.25, -0.2) is 0 Å². The van der Waals surface area contributed by atoms with Gasteiger partial charge >= 0.3 is 12.4 Å². The number of hydrogen-bond acceptors (Lipinski definition) is 1. The van der Waals surface area contributed by atoms with Crippen LogP contribution < -0.4 is 0 Å². The van der Waals surface area contributed by atoms with Crippen LogP contribution in [0.3, 0.4) is 0 Å². The summed E-state index contributed by atoms with van der Waals surface area (Å²) in [5.74, 6) is 0. The number of benzene rings is 1. The van der Waals surface area contributed by atoms with Crippen molar-refractivity contribution in [3.8, 4) is 0 Å². The number of alkyl halides is 6. The predicted octanol–water partition coefficient (Wildman–Crippen LogP) is 4.24. The molecule has 20 heavy (non-hydrogen) atoms. The maximum absolute atomic E-state index is 12.8. The fourth-order valence-electron chi connectivity index (χ4n) is 1.86. The molecule has 0 saturated heterocycles. The SMILES string of the molecule is OC(c1c[nH]c2ccc(Br)cc12)(C(F)(F)F)C(F)(F)F. The van der Waals surface area contributed by atoms with Crippen molar-refractivity contribution >= 4 is 26.8 Å². The van der Waals surface area contributed by atoms with E-state index >= 15 is 0 Å². The van der Waals surface area contributed by atoms with Crippen LogP contribution in [-0.4, -0.2) is 22.4 Å². The molecule has 1 heterocycles. The quantitative estimate of drug-likeness (QED) is 0.732. The second-order valence-electron chi connectivity index (χ2n) is 4.10. The third-order valence-corrected chi connectivity index (χ3v) is 3.35. The van der Waals surface area contributed by atoms with Crippen LogP contribution in [0, 0.1) is 0 Å². The molecule has 0 atom stereocenters. The van der Waals surface area contributed by atoms with Crippen molar-refractivity contribution in [3.63, 3.8) is 0 Å². The summed E-state index contributed by atoms with van der Waals surface area (Å²) in [7, 11) is 0. The fourth-order valence-corrected chi connectivity index (χ4v) is 2.22. The van der Waals surface area contributed by atoms with Crippen LogP contribution in [-0.2, 0) is 5.60 Å². The summed E-state index contributed by atoms with van der Waals surface area (Å²) >= 11 is 2.96. The lowest BCUT2D eigenvalue weighted by molar-refractivity contribution is -0.375. The highest BCUT2D eigenvalue weighted by Crippen LogP contribution is 2.51. The maximum Gasteiger partial charge on any atom is 0.430 e. The molecule has 0 bridgehead atoms. The van der Waals surface area contributed by atoms with E-state index in [-0.39, 0.29) is 15.4 Å². The van der Waals surface area contributed by atoms with Gasteiger partial charge in [-0.05, 0) is 18.2 Å². The number of aromatic amines is 1. The first-order chi connectivity index (χ1) is 8.98. The van der Waals surface area contributed by atoms with Crippen molar-refractivity contribution < 1.29 is 31.4 Å². The molecule has 110 valence electrons. The zero-order valence-electron chi connectivity index (χ0n) is 9.40. The molecular weight excluding hydrogens is 356 g/mol. The third kappa shape index (κ3) is 2.08. The minimum absolute atomic E-state index is 0.0510. The van der Waals surface area contributed by atoms with Gasteiger partial charge in [-0.2, -0.15) is 26.3 Å². The molecule has 0 fully saturated rings. The first-order valence-corrected chi connectivity index (χ1v) is 5.90. The number of aliphatic hydroxyl groups is 1. The Kier molecular flexibility index (Phi) is 3.33. The molecule has 0 aliphatic rings. The number of hydrogen-bond donors (Lipinski definition) is 2. The largest absolute Gasteiger partial charge is 0.430 e. The van der Waals surface area contributed by atoms with E-state index in [0.717, 1.165) is 6.07 Å². The second kappa shape index (κ2) is 4.39. The molecule has 2 rings (SSSR count). The van der Waals surface area contributed by atoms with Crippen molar-refractivity contribution in [3.05, 3.63) is 34.4 Å². The summed E-state index contributed by atoms with van der Waals surface area (Å²) in [6.45, 7) is 0. The van der Waals surface area contributed by atoms with Gasteiger partial charge in [-0.15, -0.1) is 0 Å². The monoisotopic (exact) mass is 361 g/mol. The van der Waals surface area contributed by atoms with Crippen LogP contribution in [0.5, 0.6) is 0 Å². The van der Waals surface area contributed by atoms with Gasteiger partial charge in [0.05, 0.1) is 0 Å². The van der Waals surface area contributed by atoms with Crippen LogP contribution >= 0.6 is 15.9 Å². The van der Waals surface area contributed by atoms with Gasteiger partial charge in [0.1, 0.15) is 0 Å². The highest BCUT2D eigenvalue weighted by molar-refractivity contribution is 9.10. The Labute approximate surface area is 116 Å². The number of aromatic nitrogens is 1. The molecule has 1 aromatic heterocycles. The van der Waals surface area contributed by atoms with Crippen LogP contribution in [0.25, 0.3) is 10.9 Å². The van der Waals surface area contributed by atoms with E-state index < -0.39 is 23.5 Å². The molecule has 0 aliphatic carbocycles. The van der Waals surface area contributed by atoms with Crippen molar-refractivity contribution in [2.45, 2.75) is 18.0 Å². The van der Waals surface area contributed by atoms with E-state index in [4.69, 9.17) is 0 Å². The third-order valence-electron chi connectivity index (χ3n) is 2.85. The Balaban J connectivity index is 2.80. The Morgan fingerprint density at radius 1 is 1.00 bits per heavy atom. The average molecular weight is 362 g/mol. The van der Waals surface area contributed by atoms with Crippen molar-refractivity contribution in [1.82, 2.24) is 4.98 Å². The standard InChI is InChI=1S/C11H6BrF6NO/c12-5-1-2-8-6(3-5)7(4-19-8)9(20,10(13,14)15)11(16,17)18/h1-4,19-20H. The first kappa shape index (κ1) is 15.2. The molecule has 2 nitrogen and oxygen atoms in total. The molecule has 0 aliphatic heterocycles. The fraction of sp³-hybridized carbons (Fsp3) is 0.273. The Morgan fingerprint density at radius 3 is 2.05 bits per heavy atom. The second-order valence-corrected chi connectivity index (χ2v) is 5.01. The van der Waals surface area contributed by atoms with Gasteiger partial charge in [0.2, 0.25) is 0 Å². The number of H-pyrrole nitrogens is 1. The maximum atomic E-state index is 12.8. The predicted molar refractivity (Wildman–Crippen MR) is 62.0 cm³/mol. The van der Waals surface area contributed by atoms with Gasteiger partial charge in [0, 0.05) is 27.1 Å². The summed E-state index contributed by atoms with van der Waals surface area (Å²) in [5.41, 5.74) is -6.16. The smallest absolute Gasteiger partial charge is 0.369 e. The van der Waals surface area contributed by atoms with Crippen LogP contribution in [0.1, 0.15) is 5.56 Å². The lowest BCUT2D eigenvalue weighted by Crippen LogP contribution is -2.53.